The van der Waals surface area contributed by atoms with Crippen LogP contribution in [-0.2, 0) is 23.8 Å². The van der Waals surface area contributed by atoms with Crippen molar-refractivity contribution in [2.24, 2.45) is 17.1 Å². The van der Waals surface area contributed by atoms with E-state index >= 15 is 0 Å². The minimum absolute atomic E-state index is 0.0378. The van der Waals surface area contributed by atoms with Crippen LogP contribution in [0.15, 0.2) is 18.2 Å². The molecule has 11 nitrogen and oxygen atoms in total. The number of nitrogens with two attached hydrogens (primary N) is 1. The molecule has 0 amide bonds. The molecule has 0 radical (unpaired) electrons. The maximum Gasteiger partial charge on any atom is 0.513 e. The van der Waals surface area contributed by atoms with E-state index in [-0.39, 0.29) is 43.2 Å². The highest BCUT2D eigenvalue weighted by molar-refractivity contribution is 5.75. The van der Waals surface area contributed by atoms with Gasteiger partial charge in [-0.3, -0.25) is 9.59 Å². The molecule has 2 unspecified atom stereocenters. The predicted molar refractivity (Wildman–Crippen MR) is 124 cm³/mol. The molecular weight excluding hydrogens is 462 g/mol. The van der Waals surface area contributed by atoms with Gasteiger partial charge in [-0.25, -0.2) is 9.59 Å². The van der Waals surface area contributed by atoms with E-state index in [1.165, 1.54) is 18.2 Å². The monoisotopic (exact) mass is 497 g/mol. The first-order chi connectivity index (χ1) is 16.3. The molecule has 0 bridgehead atoms. The Morgan fingerprint density at radius 2 is 1.49 bits per heavy atom. The van der Waals surface area contributed by atoms with Crippen LogP contribution in [0.3, 0.4) is 0 Å². The van der Waals surface area contributed by atoms with E-state index in [1.807, 2.05) is 20.8 Å². The number of ether oxygens (including phenoxy) is 5. The van der Waals surface area contributed by atoms with Crippen LogP contribution in [0.1, 0.15) is 59.4 Å². The Morgan fingerprint density at radius 1 is 0.943 bits per heavy atom. The van der Waals surface area contributed by atoms with E-state index in [9.17, 15) is 24.3 Å². The molecule has 3 atom stereocenters. The fraction of sp³-hybridized carbons (Fsp3) is 0.583. The standard InChI is InChI=1S/C24H35NO10/c1-7-31-22(29)34-16-10-9-15(11-17(16)35-23(30)32-8-2)19(20(25)21(27)28)14(3)13-33-18(26)12-24(4,5)6/h9-11,14,19-20H,7-8,12-13,25H2,1-6H3,(H,27,28)/t14?,19?,20-/m0/s1. The lowest BCUT2D eigenvalue weighted by Crippen LogP contribution is -2.40. The lowest BCUT2D eigenvalue weighted by atomic mass is 9.82. The summed E-state index contributed by atoms with van der Waals surface area (Å²) in [6, 6.07) is 2.75. The average molecular weight is 498 g/mol. The number of esters is 1. The van der Waals surface area contributed by atoms with E-state index in [0.29, 0.717) is 5.56 Å². The summed E-state index contributed by atoms with van der Waals surface area (Å²) >= 11 is 0. The highest BCUT2D eigenvalue weighted by atomic mass is 16.7. The molecule has 3 N–H and O–H groups in total. The summed E-state index contributed by atoms with van der Waals surface area (Å²) in [6.07, 6.45) is -1.89. The summed E-state index contributed by atoms with van der Waals surface area (Å²) in [5.41, 5.74) is 6.07. The van der Waals surface area contributed by atoms with Crippen LogP contribution >= 0.6 is 0 Å². The Bertz CT molecular complexity index is 893. The zero-order chi connectivity index (χ0) is 26.8. The normalized spacial score (nSPS) is 13.7. The predicted octanol–water partition coefficient (Wildman–Crippen LogP) is 3.87. The molecule has 35 heavy (non-hydrogen) atoms. The number of aliphatic carboxylic acids is 1. The van der Waals surface area contributed by atoms with E-state index < -0.39 is 42.1 Å². The van der Waals surface area contributed by atoms with Gasteiger partial charge in [0.25, 0.3) is 0 Å². The van der Waals surface area contributed by atoms with Crippen molar-refractivity contribution in [1.29, 1.82) is 0 Å². The molecule has 0 spiro atoms. The average Bonchev–Trinajstić information content (AvgIpc) is 2.73. The number of carbonyl (C=O) groups is 4. The van der Waals surface area contributed by atoms with Gasteiger partial charge in [-0.15, -0.1) is 0 Å². The lowest BCUT2D eigenvalue weighted by molar-refractivity contribution is -0.147. The van der Waals surface area contributed by atoms with Crippen LogP contribution in [0.4, 0.5) is 9.59 Å². The van der Waals surface area contributed by atoms with Gasteiger partial charge in [-0.2, -0.15) is 0 Å². The van der Waals surface area contributed by atoms with Crippen molar-refractivity contribution in [1.82, 2.24) is 0 Å². The molecule has 196 valence electrons. The molecular formula is C24H35NO10. The fourth-order valence-corrected chi connectivity index (χ4v) is 3.23. The highest BCUT2D eigenvalue weighted by Gasteiger charge is 2.33. The van der Waals surface area contributed by atoms with Crippen molar-refractivity contribution in [2.75, 3.05) is 19.8 Å². The number of rotatable bonds is 11. The molecule has 1 rings (SSSR count). The van der Waals surface area contributed by atoms with Gasteiger partial charge in [0.05, 0.1) is 26.2 Å². The van der Waals surface area contributed by atoms with Gasteiger partial charge in [0.1, 0.15) is 6.04 Å². The van der Waals surface area contributed by atoms with Crippen molar-refractivity contribution in [3.63, 3.8) is 0 Å². The SMILES string of the molecule is CCOC(=O)Oc1ccc(C(C(C)COC(=O)CC(C)(C)C)[C@H](N)C(=O)O)cc1OC(=O)OCC. The third-order valence-corrected chi connectivity index (χ3v) is 4.73. The first-order valence-electron chi connectivity index (χ1n) is 11.3. The molecule has 0 aliphatic carbocycles. The maximum atomic E-state index is 12.2. The summed E-state index contributed by atoms with van der Waals surface area (Å²) in [5.74, 6) is -3.42. The first kappa shape index (κ1) is 29.7. The van der Waals surface area contributed by atoms with Crippen LogP contribution in [0, 0.1) is 11.3 Å². The molecule has 1 aromatic carbocycles. The van der Waals surface area contributed by atoms with Gasteiger partial charge in [-0.1, -0.05) is 33.8 Å². The van der Waals surface area contributed by atoms with Crippen LogP contribution in [0.2, 0.25) is 0 Å². The second-order valence-corrected chi connectivity index (χ2v) is 9.06. The van der Waals surface area contributed by atoms with E-state index in [0.717, 1.165) is 0 Å². The second kappa shape index (κ2) is 13.5. The first-order valence-corrected chi connectivity index (χ1v) is 11.3. The molecule has 1 aromatic rings. The third kappa shape index (κ3) is 10.2. The molecule has 0 fully saturated rings. The van der Waals surface area contributed by atoms with Crippen molar-refractivity contribution < 1.29 is 48.0 Å². The fourth-order valence-electron chi connectivity index (χ4n) is 3.23. The van der Waals surface area contributed by atoms with Crippen LogP contribution in [0.5, 0.6) is 11.5 Å². The maximum absolute atomic E-state index is 12.2. The van der Waals surface area contributed by atoms with Crippen LogP contribution < -0.4 is 15.2 Å². The quantitative estimate of drug-likeness (QED) is 0.259. The van der Waals surface area contributed by atoms with Gasteiger partial charge in [-0.05, 0) is 42.9 Å². The van der Waals surface area contributed by atoms with Crippen LogP contribution in [-0.4, -0.2) is 55.2 Å². The van der Waals surface area contributed by atoms with E-state index in [4.69, 9.17) is 29.4 Å². The minimum atomic E-state index is -1.38. The van der Waals surface area contributed by atoms with Crippen molar-refractivity contribution in [3.05, 3.63) is 23.8 Å². The number of carboxylic acids is 1. The summed E-state index contributed by atoms with van der Waals surface area (Å²) in [5, 5.41) is 9.59. The highest BCUT2D eigenvalue weighted by Crippen LogP contribution is 2.36. The van der Waals surface area contributed by atoms with E-state index in [2.05, 4.69) is 0 Å². The lowest BCUT2D eigenvalue weighted by Gasteiger charge is -2.28. The Hall–Kier alpha value is -3.34. The van der Waals surface area contributed by atoms with Gasteiger partial charge < -0.3 is 34.5 Å². The van der Waals surface area contributed by atoms with Crippen molar-refractivity contribution >= 4 is 24.2 Å². The van der Waals surface area contributed by atoms with Gasteiger partial charge in [0.2, 0.25) is 0 Å². The molecule has 0 aliphatic rings. The summed E-state index contributed by atoms with van der Waals surface area (Å²) in [7, 11) is 0. The minimum Gasteiger partial charge on any atom is -0.480 e. The zero-order valence-corrected chi connectivity index (χ0v) is 21.0. The molecule has 11 heteroatoms. The smallest absolute Gasteiger partial charge is 0.480 e. The molecule has 0 aromatic heterocycles. The summed E-state index contributed by atoms with van der Waals surface area (Å²) in [4.78, 5) is 47.6. The topological polar surface area (TPSA) is 161 Å². The Labute approximate surface area is 204 Å². The van der Waals surface area contributed by atoms with Gasteiger partial charge in [0, 0.05) is 5.92 Å². The Morgan fingerprint density at radius 3 is 1.97 bits per heavy atom. The Kier molecular flexibility index (Phi) is 11.5. The van der Waals surface area contributed by atoms with Crippen LogP contribution in [0.25, 0.3) is 0 Å². The molecule has 0 saturated carbocycles. The molecule has 0 saturated heterocycles. The molecule has 0 heterocycles. The third-order valence-electron chi connectivity index (χ3n) is 4.73. The number of hydrogen-bond donors (Lipinski definition) is 2. The zero-order valence-electron chi connectivity index (χ0n) is 21.0. The molecule has 0 aliphatic heterocycles. The second-order valence-electron chi connectivity index (χ2n) is 9.06. The van der Waals surface area contributed by atoms with Gasteiger partial charge >= 0.3 is 24.2 Å². The number of hydrogen-bond acceptors (Lipinski definition) is 10. The Balaban J connectivity index is 3.30. The number of carbonyl (C=O) groups excluding carboxylic acids is 3. The van der Waals surface area contributed by atoms with E-state index in [1.54, 1.807) is 20.8 Å². The number of carboxylic acid groups (broad SMARTS) is 1. The number of benzene rings is 1. The largest absolute Gasteiger partial charge is 0.513 e. The summed E-state index contributed by atoms with van der Waals surface area (Å²) in [6.45, 7) is 10.6. The van der Waals surface area contributed by atoms with Crippen molar-refractivity contribution in [2.45, 2.75) is 59.9 Å². The summed E-state index contributed by atoms with van der Waals surface area (Å²) < 4.78 is 25.1. The van der Waals surface area contributed by atoms with Crippen molar-refractivity contribution in [3.8, 4) is 11.5 Å². The van der Waals surface area contributed by atoms with Gasteiger partial charge in [0.15, 0.2) is 11.5 Å².